The molecule has 1 aliphatic rings. The lowest BCUT2D eigenvalue weighted by Gasteiger charge is -2.00. The molecule has 0 amide bonds. The summed E-state index contributed by atoms with van der Waals surface area (Å²) in [5.41, 5.74) is 7.28. The molecule has 0 atom stereocenters. The van der Waals surface area contributed by atoms with E-state index in [1.54, 1.807) is 0 Å². The Hall–Kier alpha value is -1.52. The van der Waals surface area contributed by atoms with Crippen molar-refractivity contribution >= 4 is 30.2 Å². The van der Waals surface area contributed by atoms with Gasteiger partial charge in [0.15, 0.2) is 0 Å². The second-order valence-corrected chi connectivity index (χ2v) is 3.68. The normalized spacial score (nSPS) is 16.3. The van der Waals surface area contributed by atoms with Gasteiger partial charge in [0.05, 0.1) is 5.39 Å². The number of nitrogens with two attached hydrogens (primary N) is 1. The van der Waals surface area contributed by atoms with Crippen LogP contribution < -0.4 is 11.2 Å². The molecular weight excluding hydrogens is 175 g/mol. The topological polar surface area (TPSA) is 56.7 Å². The first-order valence-electron chi connectivity index (χ1n) is 4.64. The zero-order chi connectivity index (χ0) is 9.71. The fourth-order valence-electron chi connectivity index (χ4n) is 1.77. The number of rotatable bonds is 1. The third-order valence-electron chi connectivity index (χ3n) is 2.61. The molecule has 1 fully saturated rings. The average Bonchev–Trinajstić information content (AvgIpc) is 2.93. The highest BCUT2D eigenvalue weighted by Crippen LogP contribution is 2.36. The Balaban J connectivity index is 2.37. The molecule has 0 aliphatic heterocycles. The van der Waals surface area contributed by atoms with Crippen LogP contribution in [0.5, 0.6) is 0 Å². The van der Waals surface area contributed by atoms with Gasteiger partial charge in [-0.05, 0) is 19.0 Å². The maximum atomic E-state index is 5.86. The molecule has 0 saturated heterocycles. The van der Waals surface area contributed by atoms with Crippen LogP contribution in [-0.2, 0) is 0 Å². The van der Waals surface area contributed by atoms with E-state index in [1.807, 2.05) is 6.20 Å². The quantitative estimate of drug-likeness (QED) is 0.641. The maximum absolute atomic E-state index is 5.86. The molecule has 4 nitrogen and oxygen atoms in total. The van der Waals surface area contributed by atoms with Crippen LogP contribution >= 0.6 is 0 Å². The van der Waals surface area contributed by atoms with Gasteiger partial charge in [-0.3, -0.25) is 0 Å². The van der Waals surface area contributed by atoms with Crippen molar-refractivity contribution in [1.29, 1.82) is 0 Å². The lowest BCUT2D eigenvalue weighted by atomic mass is 9.97. The first-order valence-corrected chi connectivity index (χ1v) is 4.64. The summed E-state index contributed by atoms with van der Waals surface area (Å²) >= 11 is 0. The minimum Gasteiger partial charge on any atom is -0.383 e. The van der Waals surface area contributed by atoms with E-state index in [2.05, 4.69) is 14.5 Å². The highest BCUT2D eigenvalue weighted by Gasteiger charge is 2.26. The minimum atomic E-state index is 0.465. The van der Waals surface area contributed by atoms with E-state index in [0.717, 1.165) is 11.0 Å². The lowest BCUT2D eigenvalue weighted by molar-refractivity contribution is 0.767. The summed E-state index contributed by atoms with van der Waals surface area (Å²) in [5.74, 6) is 0.465. The van der Waals surface area contributed by atoms with Crippen LogP contribution in [0.4, 0.5) is 5.82 Å². The Labute approximate surface area is 82.6 Å². The van der Waals surface area contributed by atoms with Crippen LogP contribution in [0.25, 0.3) is 11.0 Å². The minimum absolute atomic E-state index is 0.465. The fraction of sp³-hybridized carbons (Fsp3) is 0.333. The van der Waals surface area contributed by atoms with Crippen molar-refractivity contribution in [2.45, 2.75) is 18.9 Å². The van der Waals surface area contributed by atoms with E-state index in [4.69, 9.17) is 13.6 Å². The number of hydrogen-bond acceptors (Lipinski definition) is 3. The zero-order valence-electron chi connectivity index (χ0n) is 7.64. The Kier molecular flexibility index (Phi) is 1.40. The predicted octanol–water partition coefficient (Wildman–Crippen LogP) is 0.142. The molecule has 0 bridgehead atoms. The molecular formula is C9H9BN4. The number of fused-ring (bicyclic) bond motifs is 1. The van der Waals surface area contributed by atoms with Crippen molar-refractivity contribution in [3.05, 3.63) is 12.5 Å². The second kappa shape index (κ2) is 2.50. The standard InChI is InChI=1S/C9H9BN4/c10-6-3-14(5-1-2-5)9-7(6)8(11)12-4-13-9/h3-5H,1-2H2,(H2,11,12,13). The van der Waals surface area contributed by atoms with E-state index in [-0.39, 0.29) is 0 Å². The third kappa shape index (κ3) is 0.952. The smallest absolute Gasteiger partial charge is 0.145 e. The predicted molar refractivity (Wildman–Crippen MR) is 55.6 cm³/mol. The van der Waals surface area contributed by atoms with Crippen LogP contribution in [0.2, 0.25) is 0 Å². The zero-order valence-corrected chi connectivity index (χ0v) is 7.64. The van der Waals surface area contributed by atoms with E-state index in [9.17, 15) is 0 Å². The van der Waals surface area contributed by atoms with Gasteiger partial charge in [-0.15, -0.1) is 0 Å². The summed E-state index contributed by atoms with van der Waals surface area (Å²) in [6.45, 7) is 0. The highest BCUT2D eigenvalue weighted by atomic mass is 15.1. The van der Waals surface area contributed by atoms with E-state index in [0.29, 0.717) is 17.3 Å². The van der Waals surface area contributed by atoms with Gasteiger partial charge in [0.2, 0.25) is 0 Å². The molecule has 0 unspecified atom stereocenters. The molecule has 2 aromatic rings. The van der Waals surface area contributed by atoms with Gasteiger partial charge in [0.1, 0.15) is 25.6 Å². The number of anilines is 1. The van der Waals surface area contributed by atoms with Crippen molar-refractivity contribution in [2.24, 2.45) is 0 Å². The summed E-state index contributed by atoms with van der Waals surface area (Å²) in [5, 5.41) is 0.791. The van der Waals surface area contributed by atoms with Gasteiger partial charge in [0.25, 0.3) is 0 Å². The van der Waals surface area contributed by atoms with Gasteiger partial charge in [-0.25, -0.2) is 9.97 Å². The molecule has 2 heterocycles. The molecule has 0 spiro atoms. The summed E-state index contributed by atoms with van der Waals surface area (Å²) in [4.78, 5) is 8.15. The summed E-state index contributed by atoms with van der Waals surface area (Å²) < 4.78 is 2.10. The average molecular weight is 184 g/mol. The third-order valence-corrected chi connectivity index (χ3v) is 2.61. The van der Waals surface area contributed by atoms with Crippen molar-refractivity contribution in [3.8, 4) is 0 Å². The molecule has 3 rings (SSSR count). The van der Waals surface area contributed by atoms with Crippen LogP contribution in [0.15, 0.2) is 12.5 Å². The summed E-state index contributed by atoms with van der Waals surface area (Å²) in [6.07, 6.45) is 5.80. The summed E-state index contributed by atoms with van der Waals surface area (Å²) in [6, 6.07) is 0.559. The Morgan fingerprint density at radius 3 is 2.93 bits per heavy atom. The number of hydrogen-bond donors (Lipinski definition) is 1. The molecule has 14 heavy (non-hydrogen) atoms. The maximum Gasteiger partial charge on any atom is 0.145 e. The number of nitrogen functional groups attached to an aromatic ring is 1. The van der Waals surface area contributed by atoms with Gasteiger partial charge in [-0.1, -0.05) is 5.46 Å². The van der Waals surface area contributed by atoms with Crippen molar-refractivity contribution in [2.75, 3.05) is 5.73 Å². The highest BCUT2D eigenvalue weighted by molar-refractivity contribution is 6.39. The second-order valence-electron chi connectivity index (χ2n) is 3.68. The van der Waals surface area contributed by atoms with Crippen LogP contribution in [0, 0.1) is 0 Å². The molecule has 2 N–H and O–H groups in total. The molecule has 2 aromatic heterocycles. The first kappa shape index (κ1) is 7.85. The van der Waals surface area contributed by atoms with E-state index < -0.39 is 0 Å². The molecule has 1 saturated carbocycles. The molecule has 5 heteroatoms. The van der Waals surface area contributed by atoms with Gasteiger partial charge < -0.3 is 10.3 Å². The number of aromatic nitrogens is 3. The van der Waals surface area contributed by atoms with Crippen molar-refractivity contribution in [3.63, 3.8) is 0 Å². The van der Waals surface area contributed by atoms with Crippen LogP contribution in [0.1, 0.15) is 18.9 Å². The Bertz CT molecular complexity index is 501. The molecule has 1 aliphatic carbocycles. The Morgan fingerprint density at radius 1 is 1.43 bits per heavy atom. The van der Waals surface area contributed by atoms with E-state index in [1.165, 1.54) is 19.2 Å². The van der Waals surface area contributed by atoms with Crippen LogP contribution in [-0.4, -0.2) is 22.4 Å². The van der Waals surface area contributed by atoms with E-state index >= 15 is 0 Å². The largest absolute Gasteiger partial charge is 0.383 e. The van der Waals surface area contributed by atoms with Gasteiger partial charge in [0, 0.05) is 6.04 Å². The SMILES string of the molecule is [B]c1cn(C2CC2)c2ncnc(N)c12. The van der Waals surface area contributed by atoms with Crippen molar-refractivity contribution < 1.29 is 0 Å². The van der Waals surface area contributed by atoms with Crippen LogP contribution in [0.3, 0.4) is 0 Å². The first-order chi connectivity index (χ1) is 6.77. The monoisotopic (exact) mass is 184 g/mol. The van der Waals surface area contributed by atoms with Crippen molar-refractivity contribution in [1.82, 2.24) is 14.5 Å². The molecule has 2 radical (unpaired) electrons. The van der Waals surface area contributed by atoms with Gasteiger partial charge in [-0.2, -0.15) is 0 Å². The fourth-order valence-corrected chi connectivity index (χ4v) is 1.77. The molecule has 0 aromatic carbocycles. The molecule has 68 valence electrons. The van der Waals surface area contributed by atoms with Gasteiger partial charge >= 0.3 is 0 Å². The number of nitrogens with zero attached hydrogens (tertiary/aromatic N) is 3. The lowest BCUT2D eigenvalue weighted by Crippen LogP contribution is -2.02. The summed E-state index contributed by atoms with van der Waals surface area (Å²) in [7, 11) is 5.86. The Morgan fingerprint density at radius 2 is 2.21 bits per heavy atom.